The summed E-state index contributed by atoms with van der Waals surface area (Å²) in [6, 6.07) is 14.0. The van der Waals surface area contributed by atoms with Gasteiger partial charge in [-0.1, -0.05) is 31.0 Å². The second-order valence-corrected chi connectivity index (χ2v) is 9.89. The number of fused-ring (bicyclic) bond motifs is 1. The van der Waals surface area contributed by atoms with Gasteiger partial charge in [0.1, 0.15) is 17.5 Å². The minimum Gasteiger partial charge on any atom is -0.550 e. The second kappa shape index (κ2) is 9.64. The number of carboxylic acids is 1. The van der Waals surface area contributed by atoms with Crippen LogP contribution in [0.5, 0.6) is 11.5 Å². The van der Waals surface area contributed by atoms with Gasteiger partial charge in [0.2, 0.25) is 5.91 Å². The van der Waals surface area contributed by atoms with Crippen molar-refractivity contribution < 1.29 is 29.0 Å². The summed E-state index contributed by atoms with van der Waals surface area (Å²) in [6.07, 6.45) is 3.44. The topological polar surface area (TPSA) is 119 Å². The molecule has 4 amide bonds. The first-order valence-electron chi connectivity index (χ1n) is 12.3. The Morgan fingerprint density at radius 1 is 0.972 bits per heavy atom. The molecule has 0 aromatic heterocycles. The number of amides is 4. The lowest BCUT2D eigenvalue weighted by Crippen LogP contribution is -2.65. The molecule has 1 aliphatic carbocycles. The molecule has 36 heavy (non-hydrogen) atoms. The van der Waals surface area contributed by atoms with Crippen LogP contribution in [0.4, 0.5) is 10.5 Å². The largest absolute Gasteiger partial charge is 0.550 e. The summed E-state index contributed by atoms with van der Waals surface area (Å²) in [4.78, 5) is 53.7. The number of nitrogens with one attached hydrogen (secondary N) is 1. The minimum absolute atomic E-state index is 0.0664. The maximum absolute atomic E-state index is 13.5. The molecule has 3 aliphatic rings. The van der Waals surface area contributed by atoms with Crippen molar-refractivity contribution >= 4 is 29.5 Å². The lowest BCUT2D eigenvalue weighted by molar-refractivity contribution is -0.308. The first kappa shape index (κ1) is 23.8. The van der Waals surface area contributed by atoms with Crippen LogP contribution in [-0.4, -0.2) is 47.3 Å². The number of nitrogens with zero attached hydrogens (tertiary/aromatic N) is 2. The predicted molar refractivity (Wildman–Crippen MR) is 128 cm³/mol. The molecular weight excluding hydrogens is 462 g/mol. The van der Waals surface area contributed by atoms with Gasteiger partial charge >= 0.3 is 6.03 Å². The van der Waals surface area contributed by atoms with Crippen LogP contribution in [0.3, 0.4) is 0 Å². The Kier molecular flexibility index (Phi) is 6.38. The molecule has 2 atom stereocenters. The Morgan fingerprint density at radius 2 is 1.64 bits per heavy atom. The number of hydrogen-bond acceptors (Lipinski definition) is 6. The van der Waals surface area contributed by atoms with Gasteiger partial charge in [-0.05, 0) is 67.5 Å². The van der Waals surface area contributed by atoms with Crippen molar-refractivity contribution in [1.82, 2.24) is 10.2 Å². The fourth-order valence-corrected chi connectivity index (χ4v) is 5.79. The third kappa shape index (κ3) is 4.65. The molecule has 2 aromatic rings. The molecule has 0 unspecified atom stereocenters. The summed E-state index contributed by atoms with van der Waals surface area (Å²) in [5, 5.41) is 14.2. The summed E-state index contributed by atoms with van der Waals surface area (Å²) in [6.45, 7) is 0.333. The Hall–Kier alpha value is -3.88. The summed E-state index contributed by atoms with van der Waals surface area (Å²) < 4.78 is 5.79. The summed E-state index contributed by atoms with van der Waals surface area (Å²) in [5.41, 5.74) is -0.247. The van der Waals surface area contributed by atoms with E-state index >= 15 is 0 Å². The molecule has 2 heterocycles. The van der Waals surface area contributed by atoms with Gasteiger partial charge in [0, 0.05) is 18.9 Å². The van der Waals surface area contributed by atoms with E-state index < -0.39 is 35.4 Å². The van der Waals surface area contributed by atoms with Gasteiger partial charge in [-0.15, -0.1) is 0 Å². The molecule has 0 radical (unpaired) electrons. The first-order valence-corrected chi connectivity index (χ1v) is 12.3. The maximum Gasteiger partial charge on any atom is 0.329 e. The number of carbonyl (C=O) groups excluding carboxylic acids is 4. The number of rotatable bonds is 7. The highest BCUT2D eigenvalue weighted by Crippen LogP contribution is 2.45. The zero-order chi connectivity index (χ0) is 25.3. The molecule has 2 saturated heterocycles. The first-order chi connectivity index (χ1) is 17.3. The van der Waals surface area contributed by atoms with E-state index in [9.17, 15) is 24.3 Å². The van der Waals surface area contributed by atoms with Crippen LogP contribution in [-0.2, 0) is 14.4 Å². The van der Waals surface area contributed by atoms with E-state index in [1.807, 2.05) is 30.3 Å². The van der Waals surface area contributed by atoms with Gasteiger partial charge in [0.05, 0.1) is 11.7 Å². The van der Waals surface area contributed by atoms with Crippen molar-refractivity contribution in [3.05, 3.63) is 54.6 Å². The maximum atomic E-state index is 13.5. The molecule has 1 N–H and O–H groups in total. The molecule has 1 saturated carbocycles. The van der Waals surface area contributed by atoms with Crippen molar-refractivity contribution in [3.63, 3.8) is 0 Å². The molecule has 3 fully saturated rings. The van der Waals surface area contributed by atoms with Crippen molar-refractivity contribution in [3.8, 4) is 11.5 Å². The molecule has 2 aromatic carbocycles. The monoisotopic (exact) mass is 490 g/mol. The van der Waals surface area contributed by atoms with E-state index in [1.165, 1.54) is 4.90 Å². The Balaban J connectivity index is 1.32. The normalized spacial score (nSPS) is 22.8. The van der Waals surface area contributed by atoms with Gasteiger partial charge in [0.15, 0.2) is 0 Å². The molecule has 5 rings (SSSR count). The standard InChI is InChI=1S/C27H29N3O6/c31-22(16-27(17-23(32)33)13-4-5-14-27)29-15-12-21-24(29)25(34)30(26(35)28-21)18-8-10-20(11-9-18)36-19-6-2-1-3-7-19/h1-3,6-11,21,24H,4-5,12-17H2,(H,28,35)(H,32,33)/p-1/t21-,24+/m1/s1. The van der Waals surface area contributed by atoms with Crippen molar-refractivity contribution in [2.24, 2.45) is 5.41 Å². The number of urea groups is 1. The smallest absolute Gasteiger partial charge is 0.329 e. The highest BCUT2D eigenvalue weighted by Gasteiger charge is 2.51. The van der Waals surface area contributed by atoms with Crippen molar-refractivity contribution in [2.45, 2.75) is 57.0 Å². The number of likely N-dealkylation sites (tertiary alicyclic amines) is 1. The number of benzene rings is 2. The van der Waals surface area contributed by atoms with Crippen LogP contribution in [0.15, 0.2) is 54.6 Å². The average Bonchev–Trinajstić information content (AvgIpc) is 3.47. The van der Waals surface area contributed by atoms with E-state index in [4.69, 9.17) is 4.74 Å². The molecule has 2 aliphatic heterocycles. The summed E-state index contributed by atoms with van der Waals surface area (Å²) >= 11 is 0. The average molecular weight is 491 g/mol. The Morgan fingerprint density at radius 3 is 2.31 bits per heavy atom. The van der Waals surface area contributed by atoms with Crippen molar-refractivity contribution in [1.29, 1.82) is 0 Å². The van der Waals surface area contributed by atoms with Crippen LogP contribution in [0.25, 0.3) is 0 Å². The summed E-state index contributed by atoms with van der Waals surface area (Å²) in [5.74, 6) is -0.650. The van der Waals surface area contributed by atoms with Gasteiger partial charge in [-0.3, -0.25) is 9.59 Å². The third-order valence-corrected chi connectivity index (χ3v) is 7.49. The van der Waals surface area contributed by atoms with Crippen LogP contribution in [0.2, 0.25) is 0 Å². The number of carbonyl (C=O) groups is 4. The third-order valence-electron chi connectivity index (χ3n) is 7.49. The molecule has 188 valence electrons. The predicted octanol–water partition coefficient (Wildman–Crippen LogP) is 2.60. The number of anilines is 1. The van der Waals surface area contributed by atoms with Gasteiger partial charge in [-0.25, -0.2) is 9.69 Å². The van der Waals surface area contributed by atoms with Gasteiger partial charge in [-0.2, -0.15) is 0 Å². The number of para-hydroxylation sites is 1. The van der Waals surface area contributed by atoms with E-state index in [2.05, 4.69) is 5.32 Å². The number of carboxylic acid groups (broad SMARTS) is 1. The lowest BCUT2D eigenvalue weighted by atomic mass is 9.79. The quantitative estimate of drug-likeness (QED) is 0.637. The zero-order valence-electron chi connectivity index (χ0n) is 19.9. The number of hydrogen-bond donors (Lipinski definition) is 1. The summed E-state index contributed by atoms with van der Waals surface area (Å²) in [7, 11) is 0. The molecule has 0 bridgehead atoms. The SMILES string of the molecule is O=C([O-])CC1(CC(=O)N2CC[C@H]3NC(=O)N(c4ccc(Oc5ccccc5)cc4)C(=O)[C@H]32)CCCC1. The lowest BCUT2D eigenvalue weighted by Gasteiger charge is -2.38. The van der Waals surface area contributed by atoms with Crippen LogP contribution < -0.4 is 20.1 Å². The van der Waals surface area contributed by atoms with E-state index in [0.29, 0.717) is 43.0 Å². The van der Waals surface area contributed by atoms with E-state index in [0.717, 1.165) is 17.7 Å². The highest BCUT2D eigenvalue weighted by atomic mass is 16.5. The number of ether oxygens (including phenoxy) is 1. The van der Waals surface area contributed by atoms with E-state index in [1.54, 1.807) is 24.3 Å². The van der Waals surface area contributed by atoms with Crippen LogP contribution in [0, 0.1) is 5.41 Å². The van der Waals surface area contributed by atoms with Crippen molar-refractivity contribution in [2.75, 3.05) is 11.4 Å². The molecule has 0 spiro atoms. The van der Waals surface area contributed by atoms with Crippen LogP contribution >= 0.6 is 0 Å². The number of aliphatic carboxylic acids is 1. The fraction of sp³-hybridized carbons (Fsp3) is 0.407. The second-order valence-electron chi connectivity index (χ2n) is 9.89. The van der Waals surface area contributed by atoms with Gasteiger partial charge in [0.25, 0.3) is 5.91 Å². The molecule has 9 heteroatoms. The Bertz CT molecular complexity index is 1160. The fourth-order valence-electron chi connectivity index (χ4n) is 5.79. The zero-order valence-corrected chi connectivity index (χ0v) is 19.9. The number of imide groups is 1. The molecular formula is C27H28N3O6-. The van der Waals surface area contributed by atoms with Gasteiger partial charge < -0.3 is 24.9 Å². The minimum atomic E-state index is -1.16. The highest BCUT2D eigenvalue weighted by molar-refractivity contribution is 6.19. The Labute approximate surface area is 209 Å². The molecule has 9 nitrogen and oxygen atoms in total. The van der Waals surface area contributed by atoms with Crippen LogP contribution in [0.1, 0.15) is 44.9 Å². The van der Waals surface area contributed by atoms with E-state index in [-0.39, 0.29) is 18.7 Å².